The summed E-state index contributed by atoms with van der Waals surface area (Å²) in [6, 6.07) is 1.97. The van der Waals surface area contributed by atoms with Crippen molar-refractivity contribution in [2.24, 2.45) is 40.9 Å². The van der Waals surface area contributed by atoms with Crippen molar-refractivity contribution in [2.75, 3.05) is 0 Å². The Morgan fingerprint density at radius 2 is 1.91 bits per heavy atom. The number of carbonyl (C=O) groups excluding carboxylic acids is 1. The summed E-state index contributed by atoms with van der Waals surface area (Å²) in [5.41, 5.74) is 1.16. The van der Waals surface area contributed by atoms with Gasteiger partial charge in [-0.05, 0) is 79.6 Å². The summed E-state index contributed by atoms with van der Waals surface area (Å²) in [5, 5.41) is 5.58. The lowest BCUT2D eigenvalue weighted by Gasteiger charge is -2.54. The summed E-state index contributed by atoms with van der Waals surface area (Å²) in [5.74, 6) is 4.98. The van der Waals surface area contributed by atoms with Crippen molar-refractivity contribution >= 4 is 16.7 Å². The number of aromatic nitrogens is 3. The highest BCUT2D eigenvalue weighted by atomic mass is 16.1. The van der Waals surface area contributed by atoms with E-state index >= 15 is 0 Å². The summed E-state index contributed by atoms with van der Waals surface area (Å²) in [7, 11) is 0. The van der Waals surface area contributed by atoms with Crippen molar-refractivity contribution in [2.45, 2.75) is 91.5 Å². The molecule has 2 aromatic heterocycles. The van der Waals surface area contributed by atoms with E-state index in [1.54, 1.807) is 6.20 Å². The molecular formula is C28H41N3O. The second kappa shape index (κ2) is 8.91. The van der Waals surface area contributed by atoms with Crippen LogP contribution in [0.1, 0.15) is 85.0 Å². The highest BCUT2D eigenvalue weighted by molar-refractivity contribution is 5.84. The van der Waals surface area contributed by atoms with Crippen LogP contribution in [0.25, 0.3) is 10.9 Å². The minimum Gasteiger partial charge on any atom is -0.297 e. The zero-order valence-electron chi connectivity index (χ0n) is 20.3. The number of rotatable bonds is 7. The Labute approximate surface area is 193 Å². The summed E-state index contributed by atoms with van der Waals surface area (Å²) < 4.78 is 1.88. The van der Waals surface area contributed by atoms with Gasteiger partial charge in [-0.2, -0.15) is 5.10 Å². The van der Waals surface area contributed by atoms with E-state index < -0.39 is 0 Å². The number of fused-ring (bicyclic) bond motifs is 4. The molecule has 0 N–H and O–H groups in total. The molecule has 5 rings (SSSR count). The van der Waals surface area contributed by atoms with E-state index in [-0.39, 0.29) is 11.3 Å². The number of hydrogen-bond acceptors (Lipinski definition) is 3. The minimum atomic E-state index is 0.188. The molecule has 2 heterocycles. The fourth-order valence-corrected chi connectivity index (χ4v) is 8.57. The smallest absolute Gasteiger partial charge is 0.157 e. The summed E-state index contributed by atoms with van der Waals surface area (Å²) in [4.78, 5) is 17.8. The van der Waals surface area contributed by atoms with Gasteiger partial charge in [0.2, 0.25) is 0 Å². The van der Waals surface area contributed by atoms with Gasteiger partial charge in [0.25, 0.3) is 0 Å². The average molecular weight is 436 g/mol. The van der Waals surface area contributed by atoms with E-state index in [0.717, 1.165) is 46.9 Å². The molecule has 2 aromatic rings. The Hall–Kier alpha value is -1.71. The fourth-order valence-electron chi connectivity index (χ4n) is 8.57. The zero-order valence-corrected chi connectivity index (χ0v) is 20.3. The van der Waals surface area contributed by atoms with Gasteiger partial charge in [-0.25, -0.2) is 0 Å². The van der Waals surface area contributed by atoms with Gasteiger partial charge in [0.05, 0.1) is 17.9 Å². The van der Waals surface area contributed by atoms with Crippen molar-refractivity contribution in [3.8, 4) is 0 Å². The van der Waals surface area contributed by atoms with Crippen LogP contribution in [0.15, 0.2) is 24.7 Å². The number of nitrogens with zero attached hydrogens (tertiary/aromatic N) is 3. The molecule has 0 aromatic carbocycles. The third kappa shape index (κ3) is 3.62. The second-order valence-electron chi connectivity index (χ2n) is 11.4. The van der Waals surface area contributed by atoms with Crippen LogP contribution >= 0.6 is 0 Å². The Balaban J connectivity index is 1.33. The van der Waals surface area contributed by atoms with Crippen molar-refractivity contribution in [1.29, 1.82) is 0 Å². The zero-order chi connectivity index (χ0) is 22.3. The molecular weight excluding hydrogens is 394 g/mol. The maximum absolute atomic E-state index is 13.6. The topological polar surface area (TPSA) is 47.8 Å². The second-order valence-corrected chi connectivity index (χ2v) is 11.4. The molecule has 0 saturated heterocycles. The molecule has 3 saturated carbocycles. The average Bonchev–Trinajstić information content (AvgIpc) is 3.36. The first-order valence-electron chi connectivity index (χ1n) is 13.3. The van der Waals surface area contributed by atoms with Crippen LogP contribution in [-0.2, 0) is 11.3 Å². The van der Waals surface area contributed by atoms with Gasteiger partial charge < -0.3 is 0 Å². The number of Topliss-reactive ketones (excluding diaryl/α,β-unsaturated/α-hetero) is 1. The molecule has 0 aliphatic heterocycles. The van der Waals surface area contributed by atoms with E-state index in [4.69, 9.17) is 0 Å². The van der Waals surface area contributed by atoms with Crippen LogP contribution in [0.4, 0.5) is 0 Å². The molecule has 0 radical (unpaired) electrons. The highest BCUT2D eigenvalue weighted by Crippen LogP contribution is 2.63. The van der Waals surface area contributed by atoms with Crippen molar-refractivity contribution < 1.29 is 4.79 Å². The van der Waals surface area contributed by atoms with Crippen LogP contribution in [0.5, 0.6) is 0 Å². The molecule has 174 valence electrons. The maximum atomic E-state index is 13.6. The molecule has 0 bridgehead atoms. The molecule has 3 aliphatic rings. The monoisotopic (exact) mass is 435 g/mol. The van der Waals surface area contributed by atoms with Gasteiger partial charge in [0.15, 0.2) is 5.78 Å². The first kappa shape index (κ1) is 22.1. The van der Waals surface area contributed by atoms with E-state index in [2.05, 4.69) is 30.9 Å². The predicted octanol–water partition coefficient (Wildman–Crippen LogP) is 6.69. The predicted molar refractivity (Wildman–Crippen MR) is 129 cm³/mol. The standard InChI is InChI=1S/C28H41N3O/c1-4-6-19-8-9-23-22(21(19)7-5-2)12-14-28(3)24(23)10-11-25(28)27(32)18-31-26-17-29-15-13-20(26)16-30-31/h13,15-17,19,21-25H,4-12,14,18H2,1-3H3. The Morgan fingerprint density at radius 1 is 1.06 bits per heavy atom. The van der Waals surface area contributed by atoms with Gasteiger partial charge in [0.1, 0.15) is 6.54 Å². The van der Waals surface area contributed by atoms with Crippen molar-refractivity contribution in [3.05, 3.63) is 24.7 Å². The first-order chi connectivity index (χ1) is 15.6. The van der Waals surface area contributed by atoms with Gasteiger partial charge in [-0.1, -0.05) is 46.5 Å². The molecule has 0 amide bonds. The van der Waals surface area contributed by atoms with Gasteiger partial charge >= 0.3 is 0 Å². The molecule has 32 heavy (non-hydrogen) atoms. The van der Waals surface area contributed by atoms with Crippen molar-refractivity contribution in [3.63, 3.8) is 0 Å². The Morgan fingerprint density at radius 3 is 2.72 bits per heavy atom. The van der Waals surface area contributed by atoms with Crippen LogP contribution in [-0.4, -0.2) is 20.5 Å². The summed E-state index contributed by atoms with van der Waals surface area (Å²) in [6.07, 6.45) is 18.7. The normalized spacial score (nSPS) is 36.7. The lowest BCUT2D eigenvalue weighted by Crippen LogP contribution is -2.48. The van der Waals surface area contributed by atoms with Crippen molar-refractivity contribution in [1.82, 2.24) is 14.8 Å². The third-order valence-corrected chi connectivity index (χ3v) is 9.94. The highest BCUT2D eigenvalue weighted by Gasteiger charge is 2.57. The number of carbonyl (C=O) groups is 1. The van der Waals surface area contributed by atoms with E-state index in [0.29, 0.717) is 12.3 Å². The Kier molecular flexibility index (Phi) is 6.15. The minimum absolute atomic E-state index is 0.188. The maximum Gasteiger partial charge on any atom is 0.157 e. The Bertz CT molecular complexity index is 951. The number of ketones is 1. The molecule has 7 atom stereocenters. The first-order valence-corrected chi connectivity index (χ1v) is 13.3. The third-order valence-electron chi connectivity index (χ3n) is 9.94. The lowest BCUT2D eigenvalue weighted by molar-refractivity contribution is -0.130. The van der Waals surface area contributed by atoms with Crippen LogP contribution in [0.2, 0.25) is 0 Å². The number of hydrogen-bond donors (Lipinski definition) is 0. The van der Waals surface area contributed by atoms with E-state index in [9.17, 15) is 4.79 Å². The fraction of sp³-hybridized carbons (Fsp3) is 0.750. The molecule has 0 spiro atoms. The lowest BCUT2D eigenvalue weighted by atomic mass is 9.50. The van der Waals surface area contributed by atoms with E-state index in [1.165, 1.54) is 57.8 Å². The van der Waals surface area contributed by atoms with E-state index in [1.807, 2.05) is 23.1 Å². The molecule has 3 fully saturated rings. The summed E-state index contributed by atoms with van der Waals surface area (Å²) >= 11 is 0. The molecule has 4 heteroatoms. The van der Waals surface area contributed by atoms with Gasteiger partial charge in [-0.15, -0.1) is 0 Å². The largest absolute Gasteiger partial charge is 0.297 e. The van der Waals surface area contributed by atoms with Crippen LogP contribution in [0, 0.1) is 40.9 Å². The van der Waals surface area contributed by atoms with Crippen LogP contribution in [0.3, 0.4) is 0 Å². The molecule has 4 nitrogen and oxygen atoms in total. The van der Waals surface area contributed by atoms with Crippen LogP contribution < -0.4 is 0 Å². The SMILES string of the molecule is CCCC1CCC2C(CCC3(C)C(C(=O)Cn4ncc5ccncc54)CCC23)C1CCC. The quantitative estimate of drug-likeness (QED) is 0.487. The van der Waals surface area contributed by atoms with Gasteiger partial charge in [0, 0.05) is 17.5 Å². The molecule has 7 unspecified atom stereocenters. The molecule has 3 aliphatic carbocycles. The number of pyridine rings is 1. The van der Waals surface area contributed by atoms with Gasteiger partial charge in [-0.3, -0.25) is 14.5 Å². The summed E-state index contributed by atoms with van der Waals surface area (Å²) in [6.45, 7) is 7.60.